The number of H-pyrrole nitrogens is 1. The number of imidazole rings is 1. The summed E-state index contributed by atoms with van der Waals surface area (Å²) in [5, 5.41) is 3.24. The molecule has 1 unspecified atom stereocenters. The Labute approximate surface area is 164 Å². The zero-order chi connectivity index (χ0) is 19.5. The molecule has 1 saturated heterocycles. The highest BCUT2D eigenvalue weighted by Crippen LogP contribution is 2.25. The number of aromatic amines is 1. The maximum absolute atomic E-state index is 13.1. The molecule has 4 rings (SSSR count). The van der Waals surface area contributed by atoms with Crippen molar-refractivity contribution in [1.82, 2.24) is 25.3 Å². The average molecular weight is 378 g/mol. The Bertz CT molecular complexity index is 905. The molecule has 7 heteroatoms. The smallest absolute Gasteiger partial charge is 0.225 e. The van der Waals surface area contributed by atoms with E-state index in [1.165, 1.54) is 0 Å². The van der Waals surface area contributed by atoms with Crippen molar-refractivity contribution < 1.29 is 4.79 Å². The summed E-state index contributed by atoms with van der Waals surface area (Å²) in [4.78, 5) is 31.9. The number of carbonyl (C=O) groups is 1. The predicted octanol–water partition coefficient (Wildman–Crippen LogP) is 3.08. The van der Waals surface area contributed by atoms with Crippen molar-refractivity contribution in [2.45, 2.75) is 32.7 Å². The first kappa shape index (κ1) is 18.4. The summed E-state index contributed by atoms with van der Waals surface area (Å²) < 4.78 is 0. The lowest BCUT2D eigenvalue weighted by atomic mass is 9.95. The van der Waals surface area contributed by atoms with Crippen LogP contribution in [0.2, 0.25) is 0 Å². The van der Waals surface area contributed by atoms with Gasteiger partial charge in [-0.1, -0.05) is 26.0 Å². The molecule has 0 radical (unpaired) electrons. The summed E-state index contributed by atoms with van der Waals surface area (Å²) in [7, 11) is 0. The van der Waals surface area contributed by atoms with Crippen LogP contribution in [-0.4, -0.2) is 38.9 Å². The summed E-state index contributed by atoms with van der Waals surface area (Å²) >= 11 is 0. The van der Waals surface area contributed by atoms with Gasteiger partial charge in [0.2, 0.25) is 11.9 Å². The van der Waals surface area contributed by atoms with E-state index in [2.05, 4.69) is 39.0 Å². The highest BCUT2D eigenvalue weighted by molar-refractivity contribution is 5.80. The molecule has 2 aromatic heterocycles. The number of nitrogens with one attached hydrogen (secondary N) is 2. The molecule has 0 spiro atoms. The maximum atomic E-state index is 13.1. The van der Waals surface area contributed by atoms with Crippen LogP contribution < -0.4 is 10.2 Å². The highest BCUT2D eigenvalue weighted by atomic mass is 16.2. The maximum Gasteiger partial charge on any atom is 0.225 e. The average Bonchev–Trinajstić information content (AvgIpc) is 3.16. The molecular formula is C21H26N6O. The zero-order valence-electron chi connectivity index (χ0n) is 16.3. The van der Waals surface area contributed by atoms with E-state index >= 15 is 0 Å². The van der Waals surface area contributed by atoms with Crippen LogP contribution in [0.25, 0.3) is 11.0 Å². The molecule has 1 aromatic carbocycles. The third-order valence-electron chi connectivity index (χ3n) is 5.29. The van der Waals surface area contributed by atoms with Crippen LogP contribution in [0.5, 0.6) is 0 Å². The fourth-order valence-electron chi connectivity index (χ4n) is 3.77. The van der Waals surface area contributed by atoms with Gasteiger partial charge in [-0.05, 0) is 37.0 Å². The number of hydrogen-bond donors (Lipinski definition) is 2. The van der Waals surface area contributed by atoms with E-state index in [9.17, 15) is 4.79 Å². The van der Waals surface area contributed by atoms with Crippen molar-refractivity contribution in [3.05, 3.63) is 48.5 Å². The molecule has 28 heavy (non-hydrogen) atoms. The molecule has 3 heterocycles. The number of para-hydroxylation sites is 2. The van der Waals surface area contributed by atoms with Gasteiger partial charge >= 0.3 is 0 Å². The van der Waals surface area contributed by atoms with Crippen LogP contribution in [0, 0.1) is 11.8 Å². The molecular weight excluding hydrogens is 352 g/mol. The van der Waals surface area contributed by atoms with Gasteiger partial charge in [0.05, 0.1) is 23.0 Å². The van der Waals surface area contributed by atoms with Crippen LogP contribution >= 0.6 is 0 Å². The largest absolute Gasteiger partial charge is 0.346 e. The monoisotopic (exact) mass is 378 g/mol. The normalized spacial score (nSPS) is 18.4. The molecule has 0 saturated carbocycles. The number of rotatable bonds is 5. The van der Waals surface area contributed by atoms with Gasteiger partial charge < -0.3 is 15.2 Å². The van der Waals surface area contributed by atoms with E-state index in [4.69, 9.17) is 4.98 Å². The van der Waals surface area contributed by atoms with Crippen molar-refractivity contribution >= 4 is 22.9 Å². The second kappa shape index (κ2) is 7.96. The van der Waals surface area contributed by atoms with Gasteiger partial charge in [-0.2, -0.15) is 0 Å². The van der Waals surface area contributed by atoms with E-state index in [1.807, 2.05) is 24.3 Å². The molecule has 3 aromatic rings. The molecule has 1 amide bonds. The summed E-state index contributed by atoms with van der Waals surface area (Å²) in [6, 6.07) is 9.59. The van der Waals surface area contributed by atoms with Crippen LogP contribution in [-0.2, 0) is 4.79 Å². The minimum Gasteiger partial charge on any atom is -0.346 e. The molecule has 2 N–H and O–H groups in total. The number of nitrogens with zero attached hydrogens (tertiary/aromatic N) is 4. The summed E-state index contributed by atoms with van der Waals surface area (Å²) in [6.45, 7) is 5.72. The van der Waals surface area contributed by atoms with Gasteiger partial charge in [0.1, 0.15) is 5.82 Å². The van der Waals surface area contributed by atoms with Crippen LogP contribution in [0.15, 0.2) is 42.7 Å². The summed E-state index contributed by atoms with van der Waals surface area (Å²) in [5.41, 5.74) is 1.91. The molecule has 1 fully saturated rings. The van der Waals surface area contributed by atoms with Gasteiger partial charge in [-0.25, -0.2) is 15.0 Å². The number of anilines is 1. The van der Waals surface area contributed by atoms with Crippen LogP contribution in [0.1, 0.15) is 38.6 Å². The molecule has 1 aliphatic rings. The van der Waals surface area contributed by atoms with Crippen molar-refractivity contribution in [3.63, 3.8) is 0 Å². The van der Waals surface area contributed by atoms with Gasteiger partial charge in [-0.15, -0.1) is 0 Å². The van der Waals surface area contributed by atoms with Gasteiger partial charge in [0.15, 0.2) is 0 Å². The second-order valence-electron chi connectivity index (χ2n) is 7.70. The Morgan fingerprint density at radius 1 is 1.21 bits per heavy atom. The second-order valence-corrected chi connectivity index (χ2v) is 7.70. The summed E-state index contributed by atoms with van der Waals surface area (Å²) in [5.74, 6) is 1.71. The van der Waals surface area contributed by atoms with Crippen molar-refractivity contribution in [1.29, 1.82) is 0 Å². The third-order valence-corrected chi connectivity index (χ3v) is 5.29. The lowest BCUT2D eigenvalue weighted by molar-refractivity contribution is -0.126. The highest BCUT2D eigenvalue weighted by Gasteiger charge is 2.30. The number of aromatic nitrogens is 4. The first-order chi connectivity index (χ1) is 13.6. The van der Waals surface area contributed by atoms with E-state index < -0.39 is 0 Å². The van der Waals surface area contributed by atoms with E-state index in [0.717, 1.165) is 36.2 Å². The van der Waals surface area contributed by atoms with Crippen LogP contribution in [0.3, 0.4) is 0 Å². The minimum atomic E-state index is -0.150. The number of fused-ring (bicyclic) bond motifs is 1. The Kier molecular flexibility index (Phi) is 5.23. The number of amides is 1. The molecule has 0 aliphatic carbocycles. The summed E-state index contributed by atoms with van der Waals surface area (Å²) in [6.07, 6.45) is 5.30. The Morgan fingerprint density at radius 3 is 2.75 bits per heavy atom. The van der Waals surface area contributed by atoms with Gasteiger partial charge in [0.25, 0.3) is 0 Å². The Morgan fingerprint density at radius 2 is 2.00 bits per heavy atom. The molecule has 2 atom stereocenters. The lowest BCUT2D eigenvalue weighted by Crippen LogP contribution is -2.45. The van der Waals surface area contributed by atoms with Crippen molar-refractivity contribution in [2.24, 2.45) is 11.8 Å². The van der Waals surface area contributed by atoms with E-state index in [1.54, 1.807) is 18.5 Å². The van der Waals surface area contributed by atoms with Gasteiger partial charge in [-0.3, -0.25) is 4.79 Å². The topological polar surface area (TPSA) is 86.8 Å². The number of carbonyl (C=O) groups excluding carboxylic acids is 1. The first-order valence-corrected chi connectivity index (χ1v) is 9.89. The Balaban J connectivity index is 1.48. The number of piperidine rings is 1. The fourth-order valence-corrected chi connectivity index (χ4v) is 3.77. The molecule has 7 nitrogen and oxygen atoms in total. The minimum absolute atomic E-state index is 0.0692. The van der Waals surface area contributed by atoms with Crippen molar-refractivity contribution in [3.8, 4) is 0 Å². The van der Waals surface area contributed by atoms with E-state index in [0.29, 0.717) is 12.5 Å². The molecule has 0 bridgehead atoms. The SMILES string of the molecule is CC(C)[C@H](NC(=O)C1CCCN(c2ncccn2)C1)c1nc2ccccc2[nH]1. The number of benzene rings is 1. The quantitative estimate of drug-likeness (QED) is 0.712. The third kappa shape index (κ3) is 3.83. The Hall–Kier alpha value is -2.96. The van der Waals surface area contributed by atoms with Gasteiger partial charge in [0, 0.05) is 25.5 Å². The zero-order valence-corrected chi connectivity index (χ0v) is 16.3. The number of hydrogen-bond acceptors (Lipinski definition) is 5. The molecule has 146 valence electrons. The lowest BCUT2D eigenvalue weighted by Gasteiger charge is -2.33. The van der Waals surface area contributed by atoms with Crippen LogP contribution in [0.4, 0.5) is 5.95 Å². The fraction of sp³-hybridized carbons (Fsp3) is 0.429. The first-order valence-electron chi connectivity index (χ1n) is 9.89. The molecule has 1 aliphatic heterocycles. The predicted molar refractivity (Wildman–Crippen MR) is 109 cm³/mol. The van der Waals surface area contributed by atoms with Crippen molar-refractivity contribution in [2.75, 3.05) is 18.0 Å². The standard InChI is InChI=1S/C21H26N6O/c1-14(2)18(19-24-16-8-3-4-9-17(16)25-19)26-20(28)15-7-5-12-27(13-15)21-22-10-6-11-23-21/h3-4,6,8-11,14-15,18H,5,7,12-13H2,1-2H3,(H,24,25)(H,26,28)/t15?,18-/m0/s1. The van der Waals surface area contributed by atoms with E-state index in [-0.39, 0.29) is 23.8 Å².